The molecule has 94 valence electrons. The molecule has 0 saturated heterocycles. The van der Waals surface area contributed by atoms with Crippen molar-refractivity contribution in [3.05, 3.63) is 42.0 Å². The number of hydrogen-bond acceptors (Lipinski definition) is 3. The van der Waals surface area contributed by atoms with Crippen molar-refractivity contribution in [1.82, 2.24) is 14.5 Å². The van der Waals surface area contributed by atoms with Crippen LogP contribution in [-0.4, -0.2) is 25.6 Å². The number of aromatic nitrogens is 3. The zero-order chi connectivity index (χ0) is 13.3. The van der Waals surface area contributed by atoms with Crippen molar-refractivity contribution in [3.8, 4) is 5.69 Å². The number of carboxylic acids is 1. The molecule has 0 aliphatic carbocycles. The predicted octanol–water partition coefficient (Wildman–Crippen LogP) is 2.23. The van der Waals surface area contributed by atoms with Gasteiger partial charge in [-0.3, -0.25) is 9.55 Å². The summed E-state index contributed by atoms with van der Waals surface area (Å²) in [5.41, 5.74) is 0.843. The third kappa shape index (κ3) is 2.09. The lowest BCUT2D eigenvalue weighted by molar-refractivity contribution is 0.0686. The second kappa shape index (κ2) is 4.56. The molecule has 0 aromatic carbocycles. The average molecular weight is 249 g/mol. The molecular formula is C12H12FN3O2. The summed E-state index contributed by atoms with van der Waals surface area (Å²) in [6.45, 7) is 3.70. The Labute approximate surface area is 103 Å². The lowest BCUT2D eigenvalue weighted by Crippen LogP contribution is -2.10. The van der Waals surface area contributed by atoms with Crippen molar-refractivity contribution in [2.24, 2.45) is 0 Å². The lowest BCUT2D eigenvalue weighted by Gasteiger charge is -2.07. The molecule has 2 rings (SSSR count). The van der Waals surface area contributed by atoms with Crippen molar-refractivity contribution >= 4 is 5.97 Å². The molecule has 0 fully saturated rings. The second-order valence-corrected chi connectivity index (χ2v) is 4.17. The van der Waals surface area contributed by atoms with Gasteiger partial charge >= 0.3 is 5.97 Å². The molecule has 0 radical (unpaired) electrons. The molecule has 0 unspecified atom stereocenters. The molecule has 5 nitrogen and oxygen atoms in total. The third-order valence-corrected chi connectivity index (χ3v) is 2.51. The van der Waals surface area contributed by atoms with Gasteiger partial charge in [0.25, 0.3) is 0 Å². The number of rotatable bonds is 3. The van der Waals surface area contributed by atoms with E-state index in [-0.39, 0.29) is 11.6 Å². The number of imidazole rings is 1. The summed E-state index contributed by atoms with van der Waals surface area (Å²) in [5, 5.41) is 9.24. The summed E-state index contributed by atoms with van der Waals surface area (Å²) in [4.78, 5) is 19.1. The number of carbonyl (C=O) groups is 1. The fourth-order valence-electron chi connectivity index (χ4n) is 1.73. The highest BCUT2D eigenvalue weighted by atomic mass is 19.1. The lowest BCUT2D eigenvalue weighted by atomic mass is 10.1. The van der Waals surface area contributed by atoms with Gasteiger partial charge in [0, 0.05) is 6.07 Å². The smallest absolute Gasteiger partial charge is 0.354 e. The van der Waals surface area contributed by atoms with Crippen LogP contribution < -0.4 is 0 Å². The fraction of sp³-hybridized carbons (Fsp3) is 0.250. The maximum atomic E-state index is 13.1. The van der Waals surface area contributed by atoms with Crippen LogP contribution in [-0.2, 0) is 0 Å². The first-order valence-electron chi connectivity index (χ1n) is 5.42. The normalized spacial score (nSPS) is 10.9. The third-order valence-electron chi connectivity index (χ3n) is 2.51. The average Bonchev–Trinajstić information content (AvgIpc) is 2.73. The Morgan fingerprint density at radius 2 is 2.17 bits per heavy atom. The van der Waals surface area contributed by atoms with E-state index in [1.807, 2.05) is 13.8 Å². The molecule has 0 atom stereocenters. The van der Waals surface area contributed by atoms with Crippen LogP contribution in [0.2, 0.25) is 0 Å². The quantitative estimate of drug-likeness (QED) is 0.905. The minimum absolute atomic E-state index is 0.0288. The molecule has 18 heavy (non-hydrogen) atoms. The van der Waals surface area contributed by atoms with Gasteiger partial charge in [-0.2, -0.15) is 0 Å². The van der Waals surface area contributed by atoms with Gasteiger partial charge in [-0.1, -0.05) is 13.8 Å². The van der Waals surface area contributed by atoms with E-state index in [4.69, 9.17) is 0 Å². The van der Waals surface area contributed by atoms with Crippen LogP contribution in [0.5, 0.6) is 0 Å². The Kier molecular flexibility index (Phi) is 3.10. The van der Waals surface area contributed by atoms with E-state index in [9.17, 15) is 14.3 Å². The first-order chi connectivity index (χ1) is 8.50. The summed E-state index contributed by atoms with van der Waals surface area (Å²) < 4.78 is 14.4. The Morgan fingerprint density at radius 1 is 1.44 bits per heavy atom. The second-order valence-electron chi connectivity index (χ2n) is 4.17. The minimum atomic E-state index is -1.10. The molecule has 1 N–H and O–H groups in total. The SMILES string of the molecule is CC(C)c1ncn(-c2cncc(F)c2)c1C(=O)O. The van der Waals surface area contributed by atoms with Crippen LogP contribution in [0.1, 0.15) is 35.9 Å². The van der Waals surface area contributed by atoms with Crippen LogP contribution in [0, 0.1) is 5.82 Å². The topological polar surface area (TPSA) is 68.0 Å². The molecule has 0 aliphatic heterocycles. The van der Waals surface area contributed by atoms with Crippen molar-refractivity contribution in [2.75, 3.05) is 0 Å². The highest BCUT2D eigenvalue weighted by Gasteiger charge is 2.21. The molecular weight excluding hydrogens is 237 g/mol. The van der Waals surface area contributed by atoms with Gasteiger partial charge < -0.3 is 5.11 Å². The number of pyridine rings is 1. The van der Waals surface area contributed by atoms with E-state index in [1.54, 1.807) is 0 Å². The summed E-state index contributed by atoms with van der Waals surface area (Å²) in [6, 6.07) is 1.21. The molecule has 0 aliphatic rings. The molecule has 2 aromatic heterocycles. The van der Waals surface area contributed by atoms with E-state index in [0.717, 1.165) is 6.20 Å². The zero-order valence-electron chi connectivity index (χ0n) is 9.96. The maximum Gasteiger partial charge on any atom is 0.354 e. The standard InChI is InChI=1S/C12H12FN3O2/c1-7(2)10-11(12(17)18)16(6-15-10)9-3-8(13)4-14-5-9/h3-7H,1-2H3,(H,17,18). The number of nitrogens with zero attached hydrogens (tertiary/aromatic N) is 3. The summed E-state index contributed by atoms with van der Waals surface area (Å²) >= 11 is 0. The van der Waals surface area contributed by atoms with Crippen molar-refractivity contribution in [1.29, 1.82) is 0 Å². The largest absolute Gasteiger partial charge is 0.477 e. The molecule has 2 aromatic rings. The summed E-state index contributed by atoms with van der Waals surface area (Å²) in [7, 11) is 0. The van der Waals surface area contributed by atoms with Crippen LogP contribution in [0.4, 0.5) is 4.39 Å². The van der Waals surface area contributed by atoms with E-state index in [2.05, 4.69) is 9.97 Å². The van der Waals surface area contributed by atoms with E-state index >= 15 is 0 Å². The van der Waals surface area contributed by atoms with Gasteiger partial charge in [0.15, 0.2) is 5.69 Å². The van der Waals surface area contributed by atoms with E-state index < -0.39 is 11.8 Å². The zero-order valence-corrected chi connectivity index (χ0v) is 9.96. The molecule has 6 heteroatoms. The fourth-order valence-corrected chi connectivity index (χ4v) is 1.73. The minimum Gasteiger partial charge on any atom is -0.477 e. The molecule has 0 amide bonds. The van der Waals surface area contributed by atoms with Gasteiger partial charge in [-0.25, -0.2) is 14.2 Å². The summed E-state index contributed by atoms with van der Waals surface area (Å²) in [6.07, 6.45) is 3.82. The number of aromatic carboxylic acids is 1. The number of carboxylic acid groups (broad SMARTS) is 1. The van der Waals surface area contributed by atoms with E-state index in [1.165, 1.54) is 23.2 Å². The Balaban J connectivity index is 2.62. The highest BCUT2D eigenvalue weighted by Crippen LogP contribution is 2.21. The van der Waals surface area contributed by atoms with Crippen molar-refractivity contribution in [3.63, 3.8) is 0 Å². The van der Waals surface area contributed by atoms with Crippen LogP contribution in [0.3, 0.4) is 0 Å². The Bertz CT molecular complexity index is 593. The van der Waals surface area contributed by atoms with Gasteiger partial charge in [-0.05, 0) is 5.92 Å². The van der Waals surface area contributed by atoms with Crippen LogP contribution in [0.15, 0.2) is 24.8 Å². The van der Waals surface area contributed by atoms with Crippen molar-refractivity contribution in [2.45, 2.75) is 19.8 Å². The molecule has 0 spiro atoms. The molecule has 2 heterocycles. The molecule has 0 bridgehead atoms. The van der Waals surface area contributed by atoms with E-state index in [0.29, 0.717) is 11.4 Å². The predicted molar refractivity (Wildman–Crippen MR) is 62.4 cm³/mol. The van der Waals surface area contributed by atoms with Gasteiger partial charge in [0.1, 0.15) is 12.1 Å². The van der Waals surface area contributed by atoms with Gasteiger partial charge in [0.2, 0.25) is 0 Å². The Hall–Kier alpha value is -2.24. The van der Waals surface area contributed by atoms with Crippen LogP contribution >= 0.6 is 0 Å². The number of halogens is 1. The first-order valence-corrected chi connectivity index (χ1v) is 5.42. The number of hydrogen-bond donors (Lipinski definition) is 1. The monoisotopic (exact) mass is 249 g/mol. The van der Waals surface area contributed by atoms with Crippen LogP contribution in [0.25, 0.3) is 5.69 Å². The van der Waals surface area contributed by atoms with Crippen molar-refractivity contribution < 1.29 is 14.3 Å². The summed E-state index contributed by atoms with van der Waals surface area (Å²) in [5.74, 6) is -1.65. The first kappa shape index (κ1) is 12.2. The maximum absolute atomic E-state index is 13.1. The molecule has 0 saturated carbocycles. The van der Waals surface area contributed by atoms with Gasteiger partial charge in [-0.15, -0.1) is 0 Å². The van der Waals surface area contributed by atoms with Gasteiger partial charge in [0.05, 0.1) is 23.8 Å². The Morgan fingerprint density at radius 3 is 2.72 bits per heavy atom. The highest BCUT2D eigenvalue weighted by molar-refractivity contribution is 5.88.